The van der Waals surface area contributed by atoms with E-state index in [1.807, 2.05) is 6.26 Å². The molecule has 0 bridgehead atoms. The standard InChI is InChI=1S/C10H17NO3S/c1-15-6-2-5-11-7-8(10(13)14)3-4-9(11)12/h8H,2-7H2,1H3,(H,13,14). The summed E-state index contributed by atoms with van der Waals surface area (Å²) in [4.78, 5) is 24.0. The van der Waals surface area contributed by atoms with Gasteiger partial charge in [-0.3, -0.25) is 9.59 Å². The molecule has 1 fully saturated rings. The zero-order chi connectivity index (χ0) is 11.3. The number of thioether (sulfide) groups is 1. The maximum Gasteiger partial charge on any atom is 0.308 e. The fourth-order valence-electron chi connectivity index (χ4n) is 1.73. The molecule has 1 aliphatic rings. The minimum Gasteiger partial charge on any atom is -0.481 e. The molecule has 15 heavy (non-hydrogen) atoms. The number of carbonyl (C=O) groups excluding carboxylic acids is 1. The topological polar surface area (TPSA) is 57.6 Å². The van der Waals surface area contributed by atoms with Gasteiger partial charge >= 0.3 is 5.97 Å². The third-order valence-electron chi connectivity index (χ3n) is 2.63. The average Bonchev–Trinajstić information content (AvgIpc) is 2.20. The molecule has 1 aliphatic heterocycles. The Kier molecular flexibility index (Phi) is 4.94. The molecule has 1 heterocycles. The highest BCUT2D eigenvalue weighted by Gasteiger charge is 2.29. The summed E-state index contributed by atoms with van der Waals surface area (Å²) >= 11 is 1.74. The first-order chi connectivity index (χ1) is 7.15. The highest BCUT2D eigenvalue weighted by molar-refractivity contribution is 7.98. The Morgan fingerprint density at radius 3 is 3.00 bits per heavy atom. The van der Waals surface area contributed by atoms with Gasteiger partial charge in [0.15, 0.2) is 0 Å². The van der Waals surface area contributed by atoms with Gasteiger partial charge in [-0.05, 0) is 24.9 Å². The largest absolute Gasteiger partial charge is 0.481 e. The van der Waals surface area contributed by atoms with E-state index in [0.717, 1.165) is 12.2 Å². The molecule has 0 aromatic heterocycles. The Labute approximate surface area is 94.0 Å². The van der Waals surface area contributed by atoms with Crippen molar-refractivity contribution in [3.05, 3.63) is 0 Å². The minimum atomic E-state index is -0.780. The molecule has 5 heteroatoms. The van der Waals surface area contributed by atoms with E-state index in [1.165, 1.54) is 0 Å². The quantitative estimate of drug-likeness (QED) is 0.719. The highest BCUT2D eigenvalue weighted by atomic mass is 32.2. The van der Waals surface area contributed by atoms with Crippen LogP contribution in [0.5, 0.6) is 0 Å². The van der Waals surface area contributed by atoms with E-state index in [4.69, 9.17) is 5.11 Å². The van der Waals surface area contributed by atoms with Crippen molar-refractivity contribution in [1.29, 1.82) is 0 Å². The van der Waals surface area contributed by atoms with Crippen LogP contribution in [0.15, 0.2) is 0 Å². The van der Waals surface area contributed by atoms with Crippen LogP contribution >= 0.6 is 11.8 Å². The van der Waals surface area contributed by atoms with Crippen LogP contribution in [0.3, 0.4) is 0 Å². The first-order valence-electron chi connectivity index (χ1n) is 5.14. The predicted octanol–water partition coefficient (Wildman–Crippen LogP) is 1.06. The molecule has 0 aromatic rings. The van der Waals surface area contributed by atoms with Gasteiger partial charge in [0.2, 0.25) is 5.91 Å². The summed E-state index contributed by atoms with van der Waals surface area (Å²) < 4.78 is 0. The maximum absolute atomic E-state index is 11.5. The molecule has 86 valence electrons. The van der Waals surface area contributed by atoms with E-state index in [-0.39, 0.29) is 11.8 Å². The number of piperidine rings is 1. The second kappa shape index (κ2) is 6.00. The molecular formula is C10H17NO3S. The van der Waals surface area contributed by atoms with Crippen LogP contribution in [0, 0.1) is 5.92 Å². The number of amides is 1. The maximum atomic E-state index is 11.5. The van der Waals surface area contributed by atoms with Gasteiger partial charge in [-0.2, -0.15) is 11.8 Å². The van der Waals surface area contributed by atoms with Crippen LogP contribution in [-0.2, 0) is 9.59 Å². The molecule has 1 atom stereocenters. The second-order valence-corrected chi connectivity index (χ2v) is 4.75. The molecule has 1 unspecified atom stereocenters. The number of carboxylic acid groups (broad SMARTS) is 1. The lowest BCUT2D eigenvalue weighted by Gasteiger charge is -2.30. The second-order valence-electron chi connectivity index (χ2n) is 3.76. The van der Waals surface area contributed by atoms with Gasteiger partial charge in [0.25, 0.3) is 0 Å². The molecule has 1 rings (SSSR count). The molecule has 0 radical (unpaired) electrons. The fourth-order valence-corrected chi connectivity index (χ4v) is 2.15. The lowest BCUT2D eigenvalue weighted by molar-refractivity contribution is -0.147. The third kappa shape index (κ3) is 3.74. The van der Waals surface area contributed by atoms with Crippen molar-refractivity contribution in [3.8, 4) is 0 Å². The molecule has 1 amide bonds. The number of carbonyl (C=O) groups is 2. The van der Waals surface area contributed by atoms with Gasteiger partial charge in [0.05, 0.1) is 5.92 Å². The van der Waals surface area contributed by atoms with Crippen molar-refractivity contribution < 1.29 is 14.7 Å². The molecule has 0 aliphatic carbocycles. The number of hydrogen-bond donors (Lipinski definition) is 1. The van der Waals surface area contributed by atoms with Crippen LogP contribution in [0.1, 0.15) is 19.3 Å². The van der Waals surface area contributed by atoms with Crippen LogP contribution in [-0.4, -0.2) is 47.0 Å². The van der Waals surface area contributed by atoms with Crippen LogP contribution in [0.2, 0.25) is 0 Å². The summed E-state index contributed by atoms with van der Waals surface area (Å²) in [5, 5.41) is 8.87. The lowest BCUT2D eigenvalue weighted by Crippen LogP contribution is -2.43. The molecule has 0 aromatic carbocycles. The molecule has 0 spiro atoms. The Bertz CT molecular complexity index is 245. The normalized spacial score (nSPS) is 21.8. The number of likely N-dealkylation sites (tertiary alicyclic amines) is 1. The highest BCUT2D eigenvalue weighted by Crippen LogP contribution is 2.18. The number of carboxylic acids is 1. The Morgan fingerprint density at radius 2 is 2.40 bits per heavy atom. The minimum absolute atomic E-state index is 0.105. The van der Waals surface area contributed by atoms with Gasteiger partial charge in [-0.25, -0.2) is 0 Å². The van der Waals surface area contributed by atoms with Gasteiger partial charge in [-0.1, -0.05) is 0 Å². The van der Waals surface area contributed by atoms with Gasteiger partial charge < -0.3 is 10.0 Å². The fraction of sp³-hybridized carbons (Fsp3) is 0.800. The van der Waals surface area contributed by atoms with Crippen LogP contribution < -0.4 is 0 Å². The zero-order valence-electron chi connectivity index (χ0n) is 8.94. The van der Waals surface area contributed by atoms with E-state index in [1.54, 1.807) is 16.7 Å². The number of nitrogens with zero attached hydrogens (tertiary/aromatic N) is 1. The van der Waals surface area contributed by atoms with E-state index in [9.17, 15) is 9.59 Å². The Balaban J connectivity index is 2.39. The van der Waals surface area contributed by atoms with Crippen molar-refractivity contribution in [1.82, 2.24) is 4.90 Å². The first-order valence-corrected chi connectivity index (χ1v) is 6.54. The van der Waals surface area contributed by atoms with Crippen molar-refractivity contribution in [2.45, 2.75) is 19.3 Å². The summed E-state index contributed by atoms with van der Waals surface area (Å²) in [7, 11) is 0. The summed E-state index contributed by atoms with van der Waals surface area (Å²) in [5.74, 6) is -0.0235. The van der Waals surface area contributed by atoms with E-state index in [2.05, 4.69) is 0 Å². The van der Waals surface area contributed by atoms with Gasteiger partial charge in [0.1, 0.15) is 0 Å². The lowest BCUT2D eigenvalue weighted by atomic mass is 9.98. The van der Waals surface area contributed by atoms with Crippen molar-refractivity contribution in [3.63, 3.8) is 0 Å². The summed E-state index contributed by atoms with van der Waals surface area (Å²) in [6.07, 6.45) is 3.85. The molecular weight excluding hydrogens is 214 g/mol. The predicted molar refractivity (Wildman–Crippen MR) is 59.9 cm³/mol. The zero-order valence-corrected chi connectivity index (χ0v) is 9.76. The van der Waals surface area contributed by atoms with Crippen molar-refractivity contribution in [2.24, 2.45) is 5.92 Å². The monoisotopic (exact) mass is 231 g/mol. The van der Waals surface area contributed by atoms with Crippen LogP contribution in [0.4, 0.5) is 0 Å². The third-order valence-corrected chi connectivity index (χ3v) is 3.32. The van der Waals surface area contributed by atoms with Crippen molar-refractivity contribution >= 4 is 23.6 Å². The van der Waals surface area contributed by atoms with Crippen LogP contribution in [0.25, 0.3) is 0 Å². The summed E-state index contributed by atoms with van der Waals surface area (Å²) in [6, 6.07) is 0. The summed E-state index contributed by atoms with van der Waals surface area (Å²) in [6.45, 7) is 1.09. The van der Waals surface area contributed by atoms with E-state index in [0.29, 0.717) is 25.9 Å². The summed E-state index contributed by atoms with van der Waals surface area (Å²) in [5.41, 5.74) is 0. The van der Waals surface area contributed by atoms with E-state index < -0.39 is 5.97 Å². The first kappa shape index (κ1) is 12.4. The van der Waals surface area contributed by atoms with Gasteiger partial charge in [0, 0.05) is 19.5 Å². The SMILES string of the molecule is CSCCCN1CC(C(=O)O)CCC1=O. The van der Waals surface area contributed by atoms with E-state index >= 15 is 0 Å². The molecule has 1 saturated heterocycles. The van der Waals surface area contributed by atoms with Crippen molar-refractivity contribution in [2.75, 3.05) is 25.1 Å². The Hall–Kier alpha value is -0.710. The molecule has 4 nitrogen and oxygen atoms in total. The number of aliphatic carboxylic acids is 1. The molecule has 1 N–H and O–H groups in total. The average molecular weight is 231 g/mol. The Morgan fingerprint density at radius 1 is 1.67 bits per heavy atom. The number of rotatable bonds is 5. The molecule has 0 saturated carbocycles. The van der Waals surface area contributed by atoms with Gasteiger partial charge in [-0.15, -0.1) is 0 Å². The smallest absolute Gasteiger partial charge is 0.308 e. The number of hydrogen-bond acceptors (Lipinski definition) is 3.